The molecule has 3 aliphatic rings. The van der Waals surface area contributed by atoms with Crippen molar-refractivity contribution in [3.05, 3.63) is 64.8 Å². The van der Waals surface area contributed by atoms with Crippen molar-refractivity contribution >= 4 is 11.8 Å². The lowest BCUT2D eigenvalue weighted by Crippen LogP contribution is -2.46. The highest BCUT2D eigenvalue weighted by molar-refractivity contribution is 5.82. The fourth-order valence-electron chi connectivity index (χ4n) is 5.79. The number of fused-ring (bicyclic) bond motifs is 1. The second-order valence-corrected chi connectivity index (χ2v) is 11.3. The lowest BCUT2D eigenvalue weighted by atomic mass is 9.87. The summed E-state index contributed by atoms with van der Waals surface area (Å²) in [6, 6.07) is 9.98. The highest BCUT2D eigenvalue weighted by Gasteiger charge is 2.47. The van der Waals surface area contributed by atoms with E-state index < -0.39 is 6.36 Å². The van der Waals surface area contributed by atoms with Crippen molar-refractivity contribution in [2.24, 2.45) is 5.92 Å². The summed E-state index contributed by atoms with van der Waals surface area (Å²) in [6.45, 7) is 3.39. The van der Waals surface area contributed by atoms with Gasteiger partial charge in [0.25, 0.3) is 0 Å². The van der Waals surface area contributed by atoms with Crippen LogP contribution in [0.15, 0.2) is 40.9 Å². The van der Waals surface area contributed by atoms with Crippen LogP contribution < -0.4 is 15.4 Å². The largest absolute Gasteiger partial charge is 0.573 e. The summed E-state index contributed by atoms with van der Waals surface area (Å²) in [5.74, 6) is 0.290. The number of halogens is 3. The molecule has 0 radical (unpaired) electrons. The number of ether oxygens (including phenoxy) is 1. The molecule has 1 aromatic heterocycles. The van der Waals surface area contributed by atoms with Crippen LogP contribution >= 0.6 is 0 Å². The van der Waals surface area contributed by atoms with E-state index in [9.17, 15) is 22.8 Å². The number of aromatic nitrogens is 2. The van der Waals surface area contributed by atoms with Gasteiger partial charge in [-0.25, -0.2) is 0 Å². The Labute approximate surface area is 240 Å². The smallest absolute Gasteiger partial charge is 0.406 e. The van der Waals surface area contributed by atoms with Crippen molar-refractivity contribution < 1.29 is 32.0 Å². The monoisotopic (exact) mass is 583 g/mol. The second kappa shape index (κ2) is 11.4. The zero-order valence-electron chi connectivity index (χ0n) is 23.2. The summed E-state index contributed by atoms with van der Waals surface area (Å²) in [4.78, 5) is 31.9. The van der Waals surface area contributed by atoms with Gasteiger partial charge < -0.3 is 19.9 Å². The summed E-state index contributed by atoms with van der Waals surface area (Å²) < 4.78 is 48.0. The third kappa shape index (κ3) is 6.43. The summed E-state index contributed by atoms with van der Waals surface area (Å²) in [5, 5.41) is 9.93. The van der Waals surface area contributed by atoms with Gasteiger partial charge >= 0.3 is 6.36 Å². The molecule has 2 heterocycles. The SMILES string of the molecule is Cc1noc([C@@H]2C[C@H]2C(=O)NCc2ccc(-c3cccc(OC(F)(F)F)c3)c3c2CN(CC(=O)NC2CCC2)CC3)n1. The van der Waals surface area contributed by atoms with Crippen LogP contribution in [-0.4, -0.2) is 52.3 Å². The van der Waals surface area contributed by atoms with E-state index in [1.807, 2.05) is 12.1 Å². The Hall–Kier alpha value is -3.93. The van der Waals surface area contributed by atoms with Gasteiger partial charge in [0, 0.05) is 25.7 Å². The molecular weight excluding hydrogens is 551 g/mol. The van der Waals surface area contributed by atoms with Gasteiger partial charge in [-0.1, -0.05) is 29.4 Å². The van der Waals surface area contributed by atoms with Crippen LogP contribution in [0.2, 0.25) is 0 Å². The van der Waals surface area contributed by atoms with Crippen LogP contribution in [0.4, 0.5) is 13.2 Å². The van der Waals surface area contributed by atoms with Gasteiger partial charge in [0.05, 0.1) is 18.4 Å². The fourth-order valence-corrected chi connectivity index (χ4v) is 5.79. The maximum Gasteiger partial charge on any atom is 0.573 e. The number of nitrogens with zero attached hydrogens (tertiary/aromatic N) is 3. The van der Waals surface area contributed by atoms with Crippen LogP contribution in [0.5, 0.6) is 5.75 Å². The van der Waals surface area contributed by atoms with E-state index in [4.69, 9.17) is 4.52 Å². The number of rotatable bonds is 9. The number of amides is 2. The zero-order valence-corrected chi connectivity index (χ0v) is 23.2. The van der Waals surface area contributed by atoms with E-state index >= 15 is 0 Å². The summed E-state index contributed by atoms with van der Waals surface area (Å²) in [5.41, 5.74) is 4.28. The number of benzene rings is 2. The van der Waals surface area contributed by atoms with Crippen LogP contribution in [0.3, 0.4) is 0 Å². The number of carbonyl (C=O) groups excluding carboxylic acids is 2. The summed E-state index contributed by atoms with van der Waals surface area (Å²) in [7, 11) is 0. The molecule has 0 saturated heterocycles. The van der Waals surface area contributed by atoms with E-state index in [-0.39, 0.29) is 48.5 Å². The van der Waals surface area contributed by atoms with Crippen LogP contribution in [0, 0.1) is 12.8 Å². The summed E-state index contributed by atoms with van der Waals surface area (Å²) in [6.07, 6.45) is -0.395. The quantitative estimate of drug-likeness (QED) is 0.385. The van der Waals surface area contributed by atoms with Crippen molar-refractivity contribution in [3.8, 4) is 16.9 Å². The molecule has 6 rings (SSSR count). The predicted octanol–water partition coefficient (Wildman–Crippen LogP) is 4.39. The lowest BCUT2D eigenvalue weighted by molar-refractivity contribution is -0.274. The van der Waals surface area contributed by atoms with Crippen molar-refractivity contribution in [2.75, 3.05) is 13.1 Å². The third-order valence-electron chi connectivity index (χ3n) is 8.24. The molecule has 12 heteroatoms. The molecule has 2 aliphatic carbocycles. The third-order valence-corrected chi connectivity index (χ3v) is 8.24. The first-order chi connectivity index (χ1) is 20.1. The molecular formula is C30H32F3N5O4. The van der Waals surface area contributed by atoms with Crippen LogP contribution in [-0.2, 0) is 29.1 Å². The highest BCUT2D eigenvalue weighted by Crippen LogP contribution is 2.47. The zero-order chi connectivity index (χ0) is 29.4. The Bertz CT molecular complexity index is 1490. The van der Waals surface area contributed by atoms with Crippen LogP contribution in [0.25, 0.3) is 11.1 Å². The second-order valence-electron chi connectivity index (χ2n) is 11.3. The van der Waals surface area contributed by atoms with Crippen molar-refractivity contribution in [1.82, 2.24) is 25.7 Å². The van der Waals surface area contributed by atoms with Gasteiger partial charge in [0.2, 0.25) is 17.7 Å². The van der Waals surface area contributed by atoms with E-state index in [0.29, 0.717) is 43.2 Å². The summed E-state index contributed by atoms with van der Waals surface area (Å²) >= 11 is 0. The Kier molecular flexibility index (Phi) is 7.65. The molecule has 1 aliphatic heterocycles. The molecule has 3 aromatic rings. The molecule has 2 saturated carbocycles. The van der Waals surface area contributed by atoms with E-state index in [0.717, 1.165) is 41.5 Å². The molecule has 2 N–H and O–H groups in total. The average Bonchev–Trinajstić information content (AvgIpc) is 3.61. The van der Waals surface area contributed by atoms with Gasteiger partial charge in [-0.2, -0.15) is 4.98 Å². The van der Waals surface area contributed by atoms with Crippen molar-refractivity contribution in [1.29, 1.82) is 0 Å². The number of hydrogen-bond acceptors (Lipinski definition) is 7. The minimum atomic E-state index is -4.79. The average molecular weight is 584 g/mol. The maximum absolute atomic E-state index is 13.0. The van der Waals surface area contributed by atoms with Crippen LogP contribution in [0.1, 0.15) is 60.0 Å². The molecule has 2 atom stereocenters. The molecule has 0 unspecified atom stereocenters. The van der Waals surface area contributed by atoms with Crippen molar-refractivity contribution in [2.45, 2.75) is 70.4 Å². The first kappa shape index (κ1) is 28.2. The van der Waals surface area contributed by atoms with Crippen molar-refractivity contribution in [3.63, 3.8) is 0 Å². The van der Waals surface area contributed by atoms with Gasteiger partial charge in [-0.05, 0) is 79.0 Å². The number of hydrogen-bond donors (Lipinski definition) is 2. The van der Waals surface area contributed by atoms with Gasteiger partial charge in [0.15, 0.2) is 5.82 Å². The topological polar surface area (TPSA) is 110 Å². The first-order valence-corrected chi connectivity index (χ1v) is 14.2. The maximum atomic E-state index is 13.0. The number of nitrogens with one attached hydrogen (secondary N) is 2. The number of alkyl halides is 3. The van der Waals surface area contributed by atoms with Gasteiger partial charge in [0.1, 0.15) is 5.75 Å². The fraction of sp³-hybridized carbons (Fsp3) is 0.467. The first-order valence-electron chi connectivity index (χ1n) is 14.2. The van der Waals surface area contributed by atoms with E-state index in [1.54, 1.807) is 13.0 Å². The molecule has 42 heavy (non-hydrogen) atoms. The molecule has 222 valence electrons. The molecule has 0 bridgehead atoms. The Morgan fingerprint density at radius 2 is 2.00 bits per heavy atom. The number of aryl methyl sites for hydroxylation is 1. The normalized spacial score (nSPS) is 20.4. The molecule has 9 nitrogen and oxygen atoms in total. The predicted molar refractivity (Wildman–Crippen MR) is 145 cm³/mol. The minimum absolute atomic E-state index is 0.0119. The minimum Gasteiger partial charge on any atom is -0.406 e. The highest BCUT2D eigenvalue weighted by atomic mass is 19.4. The molecule has 0 spiro atoms. The van der Waals surface area contributed by atoms with E-state index in [1.165, 1.54) is 18.2 Å². The van der Waals surface area contributed by atoms with Gasteiger partial charge in [-0.3, -0.25) is 14.5 Å². The molecule has 2 fully saturated rings. The Morgan fingerprint density at radius 3 is 2.71 bits per heavy atom. The molecule has 2 amide bonds. The lowest BCUT2D eigenvalue weighted by Gasteiger charge is -2.33. The standard InChI is InChI=1S/C30H32F3N5O4/c1-17-35-29(42-37-17)25-13-24(25)28(40)34-14-19-8-9-22(18-4-2-7-21(12-18)41-30(31,32)33)23-10-11-38(15-26(19)23)16-27(39)36-20-5-3-6-20/h2,4,7-9,12,20,24-25H,3,5-6,10-11,13-16H2,1H3,(H,34,40)(H,36,39)/t24-,25-/m1/s1. The van der Waals surface area contributed by atoms with Gasteiger partial charge in [-0.15, -0.1) is 13.2 Å². The Morgan fingerprint density at radius 1 is 1.17 bits per heavy atom. The Balaban J connectivity index is 1.21. The molecule has 2 aromatic carbocycles. The number of carbonyl (C=O) groups is 2. The van der Waals surface area contributed by atoms with E-state index in [2.05, 4.69) is 30.4 Å².